The predicted octanol–water partition coefficient (Wildman–Crippen LogP) is 3.56. The summed E-state index contributed by atoms with van der Waals surface area (Å²) < 4.78 is 25.7. The van der Waals surface area contributed by atoms with Gasteiger partial charge in [-0.3, -0.25) is 19.5 Å². The Hall–Kier alpha value is -1.71. The third-order valence-electron chi connectivity index (χ3n) is 7.04. The first-order valence-electron chi connectivity index (χ1n) is 12.6. The number of nitrogens with zero attached hydrogens (tertiary/aromatic N) is 4. The number of aromatic nitrogens is 1. The largest absolute Gasteiger partial charge is 0.333 e. The number of fused-ring (bicyclic) bond motifs is 1. The van der Waals surface area contributed by atoms with Gasteiger partial charge in [0.1, 0.15) is 0 Å². The summed E-state index contributed by atoms with van der Waals surface area (Å²) in [4.78, 5) is 35.1. The molecule has 3 atom stereocenters. The lowest BCUT2D eigenvalue weighted by Crippen LogP contribution is -2.44. The predicted molar refractivity (Wildman–Crippen MR) is 140 cm³/mol. The Balaban J connectivity index is 0.00000432. The van der Waals surface area contributed by atoms with Gasteiger partial charge in [0.2, 0.25) is 15.9 Å². The second-order valence-corrected chi connectivity index (χ2v) is 11.9. The molecule has 3 heterocycles. The van der Waals surface area contributed by atoms with Crippen LogP contribution in [0.4, 0.5) is 0 Å². The molecule has 10 heteroatoms. The zero-order valence-electron chi connectivity index (χ0n) is 21.6. The summed E-state index contributed by atoms with van der Waals surface area (Å²) in [6.45, 7) is 11.5. The number of amides is 2. The van der Waals surface area contributed by atoms with Crippen molar-refractivity contribution in [2.75, 3.05) is 25.9 Å². The highest BCUT2D eigenvalue weighted by Gasteiger charge is 2.58. The summed E-state index contributed by atoms with van der Waals surface area (Å²) in [7, 11) is -3.69. The summed E-state index contributed by atoms with van der Waals surface area (Å²) >= 11 is 0. The normalized spacial score (nSPS) is 22.1. The molecule has 0 bridgehead atoms. The highest BCUT2D eigenvalue weighted by Crippen LogP contribution is 2.41. The molecular weight excluding hydrogens is 488 g/mol. The Morgan fingerprint density at radius 1 is 1.17 bits per heavy atom. The van der Waals surface area contributed by atoms with Gasteiger partial charge in [0.05, 0.1) is 35.5 Å². The van der Waals surface area contributed by atoms with Crippen molar-refractivity contribution in [2.24, 2.45) is 11.8 Å². The molecule has 8 nitrogen and oxygen atoms in total. The number of hydrogen-bond acceptors (Lipinski definition) is 6. The molecule has 0 aliphatic carbocycles. The van der Waals surface area contributed by atoms with E-state index in [1.165, 1.54) is 0 Å². The van der Waals surface area contributed by atoms with Crippen molar-refractivity contribution < 1.29 is 18.0 Å². The van der Waals surface area contributed by atoms with Gasteiger partial charge in [0.25, 0.3) is 5.91 Å². The van der Waals surface area contributed by atoms with Crippen LogP contribution in [0, 0.1) is 11.8 Å². The van der Waals surface area contributed by atoms with Gasteiger partial charge < -0.3 is 4.90 Å². The number of carbonyl (C=O) groups is 2. The average molecular weight is 529 g/mol. The van der Waals surface area contributed by atoms with Crippen LogP contribution in [0.15, 0.2) is 18.3 Å². The van der Waals surface area contributed by atoms with Crippen LogP contribution in [-0.4, -0.2) is 77.3 Å². The lowest BCUT2D eigenvalue weighted by molar-refractivity contribution is -0.129. The van der Waals surface area contributed by atoms with Crippen LogP contribution < -0.4 is 0 Å². The van der Waals surface area contributed by atoms with Crippen LogP contribution >= 0.6 is 12.4 Å². The van der Waals surface area contributed by atoms with Crippen molar-refractivity contribution in [3.05, 3.63) is 29.6 Å². The van der Waals surface area contributed by atoms with Gasteiger partial charge in [-0.25, -0.2) is 12.7 Å². The number of unbranched alkanes of at least 4 members (excludes halogenated alkanes) is 2. The second kappa shape index (κ2) is 12.5. The Kier molecular flexibility index (Phi) is 10.5. The smallest absolute Gasteiger partial charge is 0.255 e. The van der Waals surface area contributed by atoms with Crippen LogP contribution in [0.3, 0.4) is 0 Å². The molecule has 0 unspecified atom stereocenters. The molecule has 2 amide bonds. The molecule has 35 heavy (non-hydrogen) atoms. The number of halogens is 1. The Labute approximate surface area is 216 Å². The van der Waals surface area contributed by atoms with Crippen molar-refractivity contribution in [1.82, 2.24) is 19.1 Å². The first-order valence-corrected chi connectivity index (χ1v) is 14.5. The van der Waals surface area contributed by atoms with E-state index in [0.717, 1.165) is 61.6 Å². The van der Waals surface area contributed by atoms with Gasteiger partial charge in [-0.2, -0.15) is 0 Å². The van der Waals surface area contributed by atoms with E-state index in [1.807, 2.05) is 26.0 Å². The molecule has 0 radical (unpaired) electrons. The van der Waals surface area contributed by atoms with E-state index in [4.69, 9.17) is 0 Å². The van der Waals surface area contributed by atoms with Crippen LogP contribution in [0.1, 0.15) is 75.9 Å². The summed E-state index contributed by atoms with van der Waals surface area (Å²) in [5, 5.41) is 0. The standard InChI is InChI=1S/C25H40N4O4S.ClH/c1-6-8-13-27(14-9-7-2)17-20-11-10-19(16-26-20)24(30)28-15-12-21-23(28)22(18(3)4)25(31)29(21)34(5,32)33;/h10-11,16,18,21-23H,6-9,12-15,17H2,1-5H3;1H/t21-,22+,23-;/m0./s1. The van der Waals surface area contributed by atoms with Gasteiger partial charge >= 0.3 is 0 Å². The minimum atomic E-state index is -3.69. The molecule has 1 aromatic rings. The second-order valence-electron chi connectivity index (χ2n) is 10.0. The van der Waals surface area contributed by atoms with Crippen molar-refractivity contribution in [2.45, 2.75) is 78.4 Å². The van der Waals surface area contributed by atoms with E-state index < -0.39 is 33.9 Å². The van der Waals surface area contributed by atoms with Crippen LogP contribution in [0.2, 0.25) is 0 Å². The van der Waals surface area contributed by atoms with E-state index in [9.17, 15) is 18.0 Å². The zero-order chi connectivity index (χ0) is 25.0. The molecule has 3 rings (SSSR count). The zero-order valence-corrected chi connectivity index (χ0v) is 23.3. The number of rotatable bonds is 11. The van der Waals surface area contributed by atoms with E-state index in [-0.39, 0.29) is 24.2 Å². The highest BCUT2D eigenvalue weighted by atomic mass is 35.5. The van der Waals surface area contributed by atoms with Crippen LogP contribution in [-0.2, 0) is 21.4 Å². The minimum Gasteiger partial charge on any atom is -0.333 e. The number of hydrogen-bond donors (Lipinski definition) is 0. The molecule has 0 aromatic carbocycles. The van der Waals surface area contributed by atoms with Crippen LogP contribution in [0.25, 0.3) is 0 Å². The van der Waals surface area contributed by atoms with Crippen LogP contribution in [0.5, 0.6) is 0 Å². The molecule has 0 N–H and O–H groups in total. The third-order valence-corrected chi connectivity index (χ3v) is 8.21. The molecule has 2 fully saturated rings. The Bertz CT molecular complexity index is 962. The number of likely N-dealkylation sites (tertiary alicyclic amines) is 1. The lowest BCUT2D eigenvalue weighted by atomic mass is 9.88. The maximum atomic E-state index is 13.4. The summed E-state index contributed by atoms with van der Waals surface area (Å²) in [6.07, 6.45) is 7.76. The van der Waals surface area contributed by atoms with E-state index >= 15 is 0 Å². The molecule has 2 aliphatic heterocycles. The van der Waals surface area contributed by atoms with Gasteiger partial charge in [-0.1, -0.05) is 40.5 Å². The van der Waals surface area contributed by atoms with E-state index in [0.29, 0.717) is 18.5 Å². The monoisotopic (exact) mass is 528 g/mol. The molecule has 198 valence electrons. The van der Waals surface area contributed by atoms with Crippen molar-refractivity contribution >= 4 is 34.2 Å². The highest BCUT2D eigenvalue weighted by molar-refractivity contribution is 7.88. The summed E-state index contributed by atoms with van der Waals surface area (Å²) in [5.74, 6) is -1.17. The average Bonchev–Trinajstić information content (AvgIpc) is 3.31. The fourth-order valence-corrected chi connectivity index (χ4v) is 6.51. The van der Waals surface area contributed by atoms with Gasteiger partial charge in [0, 0.05) is 19.3 Å². The van der Waals surface area contributed by atoms with Gasteiger partial charge in [-0.15, -0.1) is 12.4 Å². The van der Waals surface area contributed by atoms with Gasteiger partial charge in [0.15, 0.2) is 0 Å². The maximum absolute atomic E-state index is 13.4. The molecule has 0 saturated carbocycles. The number of sulfonamides is 1. The van der Waals surface area contributed by atoms with E-state index in [1.54, 1.807) is 11.1 Å². The van der Waals surface area contributed by atoms with Crippen molar-refractivity contribution in [1.29, 1.82) is 0 Å². The SMILES string of the molecule is CCCCN(CCCC)Cc1ccc(C(=O)N2CC[C@H]3[C@H]2[C@@H](C(C)C)C(=O)N3S(C)(=O)=O)cn1.Cl. The third kappa shape index (κ3) is 6.54. The summed E-state index contributed by atoms with van der Waals surface area (Å²) in [6, 6.07) is 2.80. The lowest BCUT2D eigenvalue weighted by Gasteiger charge is -2.29. The van der Waals surface area contributed by atoms with Crippen molar-refractivity contribution in [3.8, 4) is 0 Å². The molecular formula is C25H41ClN4O4S. The fraction of sp³-hybridized carbons (Fsp3) is 0.720. The topological polar surface area (TPSA) is 90.9 Å². The first-order chi connectivity index (χ1) is 16.1. The van der Waals surface area contributed by atoms with Crippen molar-refractivity contribution in [3.63, 3.8) is 0 Å². The first kappa shape index (κ1) is 29.5. The van der Waals surface area contributed by atoms with E-state index in [2.05, 4.69) is 23.7 Å². The Morgan fingerprint density at radius 2 is 1.80 bits per heavy atom. The minimum absolute atomic E-state index is 0. The van der Waals surface area contributed by atoms with Gasteiger partial charge in [-0.05, 0) is 50.4 Å². The number of pyridine rings is 1. The Morgan fingerprint density at radius 3 is 2.29 bits per heavy atom. The quantitative estimate of drug-likeness (QED) is 0.436. The molecule has 2 aliphatic rings. The fourth-order valence-electron chi connectivity index (χ4n) is 5.34. The molecule has 0 spiro atoms. The summed E-state index contributed by atoms with van der Waals surface area (Å²) in [5.41, 5.74) is 1.41. The maximum Gasteiger partial charge on any atom is 0.255 e. The molecule has 1 aromatic heterocycles. The number of carbonyl (C=O) groups excluding carboxylic acids is 2. The molecule has 2 saturated heterocycles.